The second-order valence-corrected chi connectivity index (χ2v) is 3.92. The Balaban J connectivity index is 2.69. The van der Waals surface area contributed by atoms with E-state index in [4.69, 9.17) is 16.3 Å². The summed E-state index contributed by atoms with van der Waals surface area (Å²) in [4.78, 5) is 21.8. The average molecular weight is 257 g/mol. The third-order valence-corrected chi connectivity index (χ3v) is 2.32. The zero-order chi connectivity index (χ0) is 12.8. The Morgan fingerprint density at radius 3 is 2.59 bits per heavy atom. The summed E-state index contributed by atoms with van der Waals surface area (Å²) >= 11 is 5.95. The molecule has 0 radical (unpaired) electrons. The Labute approximate surface area is 104 Å². The first kappa shape index (κ1) is 13.5. The Morgan fingerprint density at radius 1 is 1.35 bits per heavy atom. The van der Waals surface area contributed by atoms with Crippen molar-refractivity contribution in [1.29, 1.82) is 0 Å². The van der Waals surface area contributed by atoms with Crippen molar-refractivity contribution in [2.75, 3.05) is 13.7 Å². The van der Waals surface area contributed by atoms with Crippen LogP contribution in [0.25, 0.3) is 0 Å². The summed E-state index contributed by atoms with van der Waals surface area (Å²) in [6, 6.07) is 5.01. The van der Waals surface area contributed by atoms with E-state index in [1.54, 1.807) is 18.2 Å². The van der Waals surface area contributed by atoms with Gasteiger partial charge in [-0.25, -0.2) is 4.79 Å². The molecular weight excluding hydrogens is 244 g/mol. The Bertz CT molecular complexity index is 429. The van der Waals surface area contributed by atoms with Crippen LogP contribution in [0, 0.1) is 0 Å². The fourth-order valence-electron chi connectivity index (χ4n) is 1.25. The number of methoxy groups -OCH3 is 1. The van der Waals surface area contributed by atoms with Crippen LogP contribution in [0.1, 0.15) is 12.5 Å². The molecule has 0 fully saturated rings. The van der Waals surface area contributed by atoms with Gasteiger partial charge in [-0.3, -0.25) is 4.79 Å². The van der Waals surface area contributed by atoms with Gasteiger partial charge in [-0.05, 0) is 24.6 Å². The number of carbonyl (C=O) groups is 2. The van der Waals surface area contributed by atoms with E-state index in [0.29, 0.717) is 17.2 Å². The minimum Gasteiger partial charge on any atom is -0.480 e. The summed E-state index contributed by atoms with van der Waals surface area (Å²) in [7, 11) is 1.28. The van der Waals surface area contributed by atoms with Crippen LogP contribution < -0.4 is 4.74 Å². The van der Waals surface area contributed by atoms with E-state index in [0.717, 1.165) is 5.56 Å². The van der Waals surface area contributed by atoms with Crippen LogP contribution in [0.5, 0.6) is 5.75 Å². The number of hydrogen-bond donors (Lipinski definition) is 0. The van der Waals surface area contributed by atoms with E-state index in [-0.39, 0.29) is 12.4 Å². The average Bonchev–Trinajstić information content (AvgIpc) is 2.26. The van der Waals surface area contributed by atoms with Crippen LogP contribution in [0.2, 0.25) is 5.02 Å². The number of hydrogen-bond acceptors (Lipinski definition) is 4. The van der Waals surface area contributed by atoms with Gasteiger partial charge < -0.3 is 9.47 Å². The van der Waals surface area contributed by atoms with Crippen molar-refractivity contribution in [3.8, 4) is 5.75 Å². The van der Waals surface area contributed by atoms with Crippen molar-refractivity contribution < 1.29 is 19.1 Å². The number of benzene rings is 1. The zero-order valence-electron chi connectivity index (χ0n) is 9.66. The summed E-state index contributed by atoms with van der Waals surface area (Å²) in [5.74, 6) is -0.0254. The molecule has 5 heteroatoms. The lowest BCUT2D eigenvalue weighted by Crippen LogP contribution is -2.12. The summed E-state index contributed by atoms with van der Waals surface area (Å²) in [6.07, 6.45) is 0.330. The monoisotopic (exact) mass is 256 g/mol. The predicted molar refractivity (Wildman–Crippen MR) is 63.3 cm³/mol. The van der Waals surface area contributed by atoms with Crippen LogP contribution >= 0.6 is 11.6 Å². The van der Waals surface area contributed by atoms with E-state index >= 15 is 0 Å². The van der Waals surface area contributed by atoms with Gasteiger partial charge >= 0.3 is 5.97 Å². The van der Waals surface area contributed by atoms with E-state index in [2.05, 4.69) is 4.74 Å². The molecule has 0 amide bonds. The summed E-state index contributed by atoms with van der Waals surface area (Å²) < 4.78 is 9.59. The van der Waals surface area contributed by atoms with Gasteiger partial charge in [-0.2, -0.15) is 0 Å². The number of ketones is 1. The van der Waals surface area contributed by atoms with Gasteiger partial charge in [0.05, 0.1) is 12.1 Å². The van der Waals surface area contributed by atoms with Gasteiger partial charge in [0, 0.05) is 6.42 Å². The van der Waals surface area contributed by atoms with E-state index in [9.17, 15) is 9.59 Å². The SMILES string of the molecule is COC(=O)COc1ccc(CC(C)=O)cc1Cl. The first-order valence-corrected chi connectivity index (χ1v) is 5.38. The fourth-order valence-corrected chi connectivity index (χ4v) is 1.51. The van der Waals surface area contributed by atoms with E-state index in [1.807, 2.05) is 0 Å². The molecule has 0 saturated carbocycles. The van der Waals surface area contributed by atoms with Gasteiger partial charge in [-0.1, -0.05) is 17.7 Å². The molecule has 0 bridgehead atoms. The Morgan fingerprint density at radius 2 is 2.06 bits per heavy atom. The molecule has 0 aliphatic rings. The highest BCUT2D eigenvalue weighted by Gasteiger charge is 2.07. The van der Waals surface area contributed by atoms with Gasteiger partial charge in [-0.15, -0.1) is 0 Å². The number of ether oxygens (including phenoxy) is 2. The largest absolute Gasteiger partial charge is 0.480 e. The van der Waals surface area contributed by atoms with Crippen LogP contribution in [0.4, 0.5) is 0 Å². The minimum absolute atomic E-state index is 0.0595. The second kappa shape index (κ2) is 6.25. The number of halogens is 1. The predicted octanol–water partition coefficient (Wildman–Crippen LogP) is 2.02. The second-order valence-electron chi connectivity index (χ2n) is 3.51. The van der Waals surface area contributed by atoms with Crippen molar-refractivity contribution in [2.45, 2.75) is 13.3 Å². The molecule has 0 unspecified atom stereocenters. The first-order valence-electron chi connectivity index (χ1n) is 5.00. The standard InChI is InChI=1S/C12H13ClO4/c1-8(14)5-9-3-4-11(10(13)6-9)17-7-12(15)16-2/h3-4,6H,5,7H2,1-2H3. The normalized spacial score (nSPS) is 9.82. The molecule has 0 aromatic heterocycles. The molecular formula is C12H13ClO4. The van der Waals surface area contributed by atoms with Crippen LogP contribution in [0.15, 0.2) is 18.2 Å². The maximum atomic E-state index is 10.9. The smallest absolute Gasteiger partial charge is 0.343 e. The molecule has 0 aliphatic heterocycles. The minimum atomic E-state index is -0.478. The third kappa shape index (κ3) is 4.44. The number of carbonyl (C=O) groups excluding carboxylic acids is 2. The maximum absolute atomic E-state index is 10.9. The van der Waals surface area contributed by atoms with Gasteiger partial charge in [0.1, 0.15) is 11.5 Å². The molecule has 0 atom stereocenters. The lowest BCUT2D eigenvalue weighted by molar-refractivity contribution is -0.142. The lowest BCUT2D eigenvalue weighted by atomic mass is 10.1. The fraction of sp³-hybridized carbons (Fsp3) is 0.333. The Kier molecular flexibility index (Phi) is 4.97. The Hall–Kier alpha value is -1.55. The number of esters is 1. The van der Waals surface area contributed by atoms with Crippen LogP contribution in [0.3, 0.4) is 0 Å². The molecule has 17 heavy (non-hydrogen) atoms. The third-order valence-electron chi connectivity index (χ3n) is 2.02. The topological polar surface area (TPSA) is 52.6 Å². The molecule has 92 valence electrons. The molecule has 1 rings (SSSR count). The quantitative estimate of drug-likeness (QED) is 0.757. The van der Waals surface area contributed by atoms with Crippen molar-refractivity contribution in [1.82, 2.24) is 0 Å². The molecule has 0 aliphatic carbocycles. The molecule has 0 N–H and O–H groups in total. The molecule has 0 saturated heterocycles. The lowest BCUT2D eigenvalue weighted by Gasteiger charge is -2.07. The molecule has 4 nitrogen and oxygen atoms in total. The number of rotatable bonds is 5. The van der Waals surface area contributed by atoms with Gasteiger partial charge in [0.25, 0.3) is 0 Å². The van der Waals surface area contributed by atoms with Crippen molar-refractivity contribution >= 4 is 23.4 Å². The summed E-state index contributed by atoms with van der Waals surface area (Å²) in [5, 5.41) is 0.368. The van der Waals surface area contributed by atoms with Gasteiger partial charge in [0.2, 0.25) is 0 Å². The van der Waals surface area contributed by atoms with Crippen molar-refractivity contribution in [3.63, 3.8) is 0 Å². The van der Waals surface area contributed by atoms with Gasteiger partial charge in [0.15, 0.2) is 6.61 Å². The van der Waals surface area contributed by atoms with E-state index in [1.165, 1.54) is 14.0 Å². The summed E-state index contributed by atoms with van der Waals surface area (Å²) in [6.45, 7) is 1.32. The highest BCUT2D eigenvalue weighted by atomic mass is 35.5. The maximum Gasteiger partial charge on any atom is 0.343 e. The van der Waals surface area contributed by atoms with Crippen LogP contribution in [-0.4, -0.2) is 25.5 Å². The molecule has 0 spiro atoms. The van der Waals surface area contributed by atoms with Crippen LogP contribution in [-0.2, 0) is 20.7 Å². The highest BCUT2D eigenvalue weighted by Crippen LogP contribution is 2.25. The van der Waals surface area contributed by atoms with Crippen molar-refractivity contribution in [3.05, 3.63) is 28.8 Å². The highest BCUT2D eigenvalue weighted by molar-refractivity contribution is 6.32. The number of Topliss-reactive ketones (excluding diaryl/α,β-unsaturated/α-hetero) is 1. The zero-order valence-corrected chi connectivity index (χ0v) is 10.4. The molecule has 1 aromatic carbocycles. The van der Waals surface area contributed by atoms with Crippen molar-refractivity contribution in [2.24, 2.45) is 0 Å². The summed E-state index contributed by atoms with van der Waals surface area (Å²) in [5.41, 5.74) is 0.813. The molecule has 1 aromatic rings. The molecule has 0 heterocycles. The first-order chi connectivity index (χ1) is 8.02. The van der Waals surface area contributed by atoms with E-state index < -0.39 is 5.97 Å².